The largest absolute Gasteiger partial charge is 3.00 e. The Hall–Kier alpha value is -4.30. The molecule has 0 fully saturated rings. The molecule has 0 bridgehead atoms. The van der Waals surface area contributed by atoms with Crippen molar-refractivity contribution in [1.82, 2.24) is 4.98 Å². The molecule has 0 saturated carbocycles. The Bertz CT molecular complexity index is 2400. The first kappa shape index (κ1) is 23.1. The van der Waals surface area contributed by atoms with E-state index in [0.717, 1.165) is 44.2 Å². The van der Waals surface area contributed by atoms with E-state index in [-0.39, 0.29) is 36.8 Å². The first-order chi connectivity index (χ1) is 25.4. The second kappa shape index (κ2) is 14.9. The van der Waals surface area contributed by atoms with E-state index < -0.39 is 31.9 Å². The molecule has 1 atom stereocenters. The molecular weight excluding hydrogens is 739 g/mol. The number of nitrogens with zero attached hydrogens (tertiary/aromatic N) is 1. The molecule has 5 aromatic carbocycles. The van der Waals surface area contributed by atoms with Crippen molar-refractivity contribution in [3.05, 3.63) is 161 Å². The maximum absolute atomic E-state index is 8.97. The summed E-state index contributed by atoms with van der Waals surface area (Å²) < 4.78 is 76.9. The van der Waals surface area contributed by atoms with Crippen LogP contribution in [-0.4, -0.2) is 4.98 Å². The molecule has 0 aliphatic rings. The Morgan fingerprint density at radius 2 is 1.61 bits per heavy atom. The van der Waals surface area contributed by atoms with Gasteiger partial charge >= 0.3 is 20.1 Å². The second-order valence-corrected chi connectivity index (χ2v) is 11.1. The predicted octanol–water partition coefficient (Wildman–Crippen LogP) is 11.4. The number of para-hydroxylation sites is 1. The normalized spacial score (nSPS) is 16.0. The van der Waals surface area contributed by atoms with Gasteiger partial charge in [0.1, 0.15) is 5.58 Å². The van der Waals surface area contributed by atoms with Gasteiger partial charge in [0, 0.05) is 29.5 Å². The summed E-state index contributed by atoms with van der Waals surface area (Å²) in [6.07, 6.45) is -0.691. The number of pyridine rings is 1. The van der Waals surface area contributed by atoms with Gasteiger partial charge in [0.05, 0.1) is 0 Å². The van der Waals surface area contributed by atoms with Gasteiger partial charge < -0.3 is 9.40 Å². The van der Waals surface area contributed by atoms with Crippen LogP contribution in [0.1, 0.15) is 66.8 Å². The Labute approximate surface area is 299 Å². The molecule has 1 unspecified atom stereocenters. The van der Waals surface area contributed by atoms with Crippen LogP contribution in [0, 0.1) is 37.8 Å². The van der Waals surface area contributed by atoms with Crippen LogP contribution in [0.2, 0.25) is 0 Å². The van der Waals surface area contributed by atoms with Crippen molar-refractivity contribution in [2.75, 3.05) is 0 Å². The van der Waals surface area contributed by atoms with Gasteiger partial charge in [0.15, 0.2) is 0 Å². The molecule has 3 heteroatoms. The number of aryl methyl sites for hydroxylation is 2. The minimum Gasteiger partial charge on any atom is -0.510 e. The molecule has 0 aliphatic heterocycles. The van der Waals surface area contributed by atoms with Crippen molar-refractivity contribution in [3.8, 4) is 22.4 Å². The molecule has 2 aromatic heterocycles. The molecule has 2 heterocycles. The maximum Gasteiger partial charge on any atom is 3.00 e. The van der Waals surface area contributed by atoms with E-state index in [1.54, 1.807) is 13.8 Å². The van der Waals surface area contributed by atoms with Gasteiger partial charge in [-0.3, -0.25) is 0 Å². The zero-order valence-corrected chi connectivity index (χ0v) is 28.1. The quantitative estimate of drug-likeness (QED) is 0.157. The van der Waals surface area contributed by atoms with Gasteiger partial charge in [0.25, 0.3) is 0 Å². The minimum absolute atomic E-state index is 0. The van der Waals surface area contributed by atoms with Crippen LogP contribution >= 0.6 is 0 Å². The van der Waals surface area contributed by atoms with E-state index in [2.05, 4.69) is 29.2 Å². The smallest absolute Gasteiger partial charge is 0.510 e. The van der Waals surface area contributed by atoms with Crippen LogP contribution in [0.15, 0.2) is 120 Å². The predicted molar refractivity (Wildman–Crippen MR) is 187 cm³/mol. The van der Waals surface area contributed by atoms with Crippen molar-refractivity contribution in [1.29, 1.82) is 0 Å². The number of benzene rings is 5. The Kier molecular flexibility index (Phi) is 7.46. The molecule has 0 radical (unpaired) electrons. The van der Waals surface area contributed by atoms with Gasteiger partial charge in [-0.15, -0.1) is 53.1 Å². The van der Waals surface area contributed by atoms with Crippen molar-refractivity contribution >= 4 is 21.9 Å². The number of aromatic nitrogens is 1. The monoisotopic (exact) mass is 786 g/mol. The van der Waals surface area contributed by atoms with E-state index in [9.17, 15) is 0 Å². The zero-order valence-electron chi connectivity index (χ0n) is 34.7. The fraction of sp³-hybridized carbons (Fsp3) is 0.186. The number of rotatable bonds is 6. The summed E-state index contributed by atoms with van der Waals surface area (Å²) in [6.45, 7) is 0.556. The fourth-order valence-electron chi connectivity index (χ4n) is 5.21. The summed E-state index contributed by atoms with van der Waals surface area (Å²) in [4.78, 5) is 4.14. The SMILES string of the molecule is [2H]C(C)(c1ccccc1)c1cc[c-]c(-c2[c-]ccc3c2oc2ccccc23)c1.[2H]C([2H])([2H])c1c[c-]c(-c2cc(C([2H])([2H])C(C)C)c(C([2H])([2H])[2H])cn2)cc1.[Ir+3]. The number of fused-ring (bicyclic) bond motifs is 3. The fourth-order valence-corrected chi connectivity index (χ4v) is 5.21. The minimum atomic E-state index is -2.49. The molecule has 0 amide bonds. The van der Waals surface area contributed by atoms with Crippen LogP contribution in [-0.2, 0) is 26.5 Å². The summed E-state index contributed by atoms with van der Waals surface area (Å²) in [7, 11) is 0. The molecule has 7 aromatic rings. The van der Waals surface area contributed by atoms with Crippen molar-refractivity contribution < 1.29 is 36.9 Å². The van der Waals surface area contributed by atoms with E-state index >= 15 is 0 Å². The molecule has 0 spiro atoms. The molecular formula is C43H38IrNO. The Morgan fingerprint density at radius 3 is 2.37 bits per heavy atom. The first-order valence-electron chi connectivity index (χ1n) is 19.3. The van der Waals surface area contributed by atoms with E-state index in [0.29, 0.717) is 11.3 Å². The Morgan fingerprint density at radius 1 is 0.804 bits per heavy atom. The van der Waals surface area contributed by atoms with Gasteiger partial charge in [-0.25, -0.2) is 5.56 Å². The third-order valence-corrected chi connectivity index (χ3v) is 7.49. The summed E-state index contributed by atoms with van der Waals surface area (Å²) in [5, 5.41) is 2.17. The standard InChI is InChI=1S/C26H18O.C17H20N.Ir/c1-18(19-9-3-2-4-10-19)20-11-7-12-21(17-20)22-14-8-15-24-23-13-5-6-16-25(23)27-26(22)24;1-12(2)9-16-10-17(18-11-14(16)4)15-7-5-13(3)6-8-15;/h2-11,13,15-18H,1H3;5-7,10-12H,9H2,1-4H3;/q-2;-1;+3/i18D;3D3,4D3,9D2;. The van der Waals surface area contributed by atoms with Crippen LogP contribution in [0.5, 0.6) is 0 Å². The average molecular weight is 786 g/mol. The maximum atomic E-state index is 8.97. The van der Waals surface area contributed by atoms with Crippen molar-refractivity contribution in [3.63, 3.8) is 0 Å². The molecule has 0 aliphatic carbocycles. The van der Waals surface area contributed by atoms with Gasteiger partial charge in [-0.05, 0) is 47.9 Å². The summed E-state index contributed by atoms with van der Waals surface area (Å²) >= 11 is 0. The second-order valence-electron chi connectivity index (χ2n) is 11.1. The first-order valence-corrected chi connectivity index (χ1v) is 14.8. The van der Waals surface area contributed by atoms with Crippen LogP contribution in [0.4, 0.5) is 0 Å². The van der Waals surface area contributed by atoms with E-state index in [1.807, 2.05) is 85.8 Å². The van der Waals surface area contributed by atoms with Crippen LogP contribution < -0.4 is 0 Å². The van der Waals surface area contributed by atoms with Crippen LogP contribution in [0.3, 0.4) is 0 Å². The van der Waals surface area contributed by atoms with Gasteiger partial charge in [0.2, 0.25) is 0 Å². The molecule has 0 N–H and O–H groups in total. The summed E-state index contributed by atoms with van der Waals surface area (Å²) in [5.41, 5.74) is 6.18. The van der Waals surface area contributed by atoms with Gasteiger partial charge in [-0.1, -0.05) is 93.2 Å². The number of furan rings is 1. The third kappa shape index (κ3) is 7.39. The van der Waals surface area contributed by atoms with Crippen molar-refractivity contribution in [2.45, 2.75) is 46.7 Å². The molecule has 0 saturated heterocycles. The number of hydrogen-bond acceptors (Lipinski definition) is 2. The Balaban J connectivity index is 0.000000208. The topological polar surface area (TPSA) is 26.0 Å². The van der Waals surface area contributed by atoms with E-state index in [4.69, 9.17) is 16.8 Å². The average Bonchev–Trinajstić information content (AvgIpc) is 3.53. The molecule has 7 rings (SSSR count). The van der Waals surface area contributed by atoms with Crippen molar-refractivity contribution in [2.24, 2.45) is 5.92 Å². The summed E-state index contributed by atoms with van der Waals surface area (Å²) in [5.74, 6) is -1.30. The molecule has 230 valence electrons. The molecule has 2 nitrogen and oxygen atoms in total. The molecule has 46 heavy (non-hydrogen) atoms. The van der Waals surface area contributed by atoms with E-state index in [1.165, 1.54) is 30.5 Å². The zero-order chi connectivity index (χ0) is 39.1. The third-order valence-electron chi connectivity index (χ3n) is 7.49. The van der Waals surface area contributed by atoms with Crippen LogP contribution in [0.25, 0.3) is 44.3 Å². The van der Waals surface area contributed by atoms with Gasteiger partial charge in [-0.2, -0.15) is 35.9 Å². The summed E-state index contributed by atoms with van der Waals surface area (Å²) in [6, 6.07) is 43.0. The number of hydrogen-bond donors (Lipinski definition) is 0.